The zero-order chi connectivity index (χ0) is 12.8. The van der Waals surface area contributed by atoms with Gasteiger partial charge in [-0.05, 0) is 25.5 Å². The molecule has 0 fully saturated rings. The van der Waals surface area contributed by atoms with Gasteiger partial charge in [-0.3, -0.25) is 4.79 Å². The summed E-state index contributed by atoms with van der Waals surface area (Å²) in [4.78, 5) is 12.0. The van der Waals surface area contributed by atoms with Crippen molar-refractivity contribution in [2.75, 3.05) is 16.8 Å². The van der Waals surface area contributed by atoms with Crippen molar-refractivity contribution in [1.29, 1.82) is 0 Å². The van der Waals surface area contributed by atoms with Crippen LogP contribution in [0, 0.1) is 13.8 Å². The van der Waals surface area contributed by atoms with Crippen LogP contribution in [-0.2, 0) is 4.79 Å². The Morgan fingerprint density at radius 3 is 2.71 bits per heavy atom. The number of nitrogens with one attached hydrogen (secondary N) is 1. The first-order valence-electron chi connectivity index (χ1n) is 5.22. The zero-order valence-corrected chi connectivity index (χ0v) is 11.6. The quantitative estimate of drug-likeness (QED) is 0.804. The van der Waals surface area contributed by atoms with Crippen LogP contribution in [-0.4, -0.2) is 22.4 Å². The van der Waals surface area contributed by atoms with Gasteiger partial charge in [0.1, 0.15) is 0 Å². The average molecular weight is 268 g/mol. The lowest BCUT2D eigenvalue weighted by Gasteiger charge is -2.08. The summed E-state index contributed by atoms with van der Waals surface area (Å²) in [7, 11) is 0. The number of carbonyl (C=O) groups is 1. The molecule has 1 aromatic rings. The molecule has 0 atom stereocenters. The van der Waals surface area contributed by atoms with Gasteiger partial charge in [0, 0.05) is 11.4 Å². The molecule has 1 rings (SSSR count). The number of benzene rings is 1. The van der Waals surface area contributed by atoms with Gasteiger partial charge >= 0.3 is 0 Å². The van der Waals surface area contributed by atoms with E-state index < -0.39 is 0 Å². The fourth-order valence-corrected chi connectivity index (χ4v) is 2.20. The van der Waals surface area contributed by atoms with Crippen molar-refractivity contribution in [3.8, 4) is 0 Å². The summed E-state index contributed by atoms with van der Waals surface area (Å²) >= 11 is 6.16. The minimum atomic E-state index is -0.0294. The SMILES string of the molecule is Cc1ccc(NC(=O)CSCC(N)=S)c(C)c1. The van der Waals surface area contributed by atoms with Crippen LogP contribution in [0.2, 0.25) is 0 Å². The van der Waals surface area contributed by atoms with Crippen molar-refractivity contribution >= 4 is 40.6 Å². The molecule has 3 N–H and O–H groups in total. The van der Waals surface area contributed by atoms with Crippen molar-refractivity contribution in [3.05, 3.63) is 29.3 Å². The van der Waals surface area contributed by atoms with Crippen LogP contribution in [0.15, 0.2) is 18.2 Å². The molecule has 0 unspecified atom stereocenters. The molecule has 5 heteroatoms. The number of aryl methyl sites for hydroxylation is 2. The highest BCUT2D eigenvalue weighted by Crippen LogP contribution is 2.16. The summed E-state index contributed by atoms with van der Waals surface area (Å²) in [5, 5.41) is 2.87. The summed E-state index contributed by atoms with van der Waals surface area (Å²) in [5.74, 6) is 0.874. The molecule has 17 heavy (non-hydrogen) atoms. The van der Waals surface area contributed by atoms with E-state index in [4.69, 9.17) is 18.0 Å². The molecule has 0 saturated heterocycles. The number of amides is 1. The lowest BCUT2D eigenvalue weighted by atomic mass is 10.1. The highest BCUT2D eigenvalue weighted by atomic mass is 32.2. The third-order valence-corrected chi connectivity index (χ3v) is 3.44. The predicted molar refractivity (Wildman–Crippen MR) is 78.7 cm³/mol. The Morgan fingerprint density at radius 2 is 2.12 bits per heavy atom. The monoisotopic (exact) mass is 268 g/mol. The van der Waals surface area contributed by atoms with Crippen LogP contribution in [0.25, 0.3) is 0 Å². The number of thioether (sulfide) groups is 1. The summed E-state index contributed by atoms with van der Waals surface area (Å²) in [6.07, 6.45) is 0. The van der Waals surface area contributed by atoms with Crippen LogP contribution in [0.4, 0.5) is 5.69 Å². The second kappa shape index (κ2) is 6.61. The Hall–Kier alpha value is -1.07. The van der Waals surface area contributed by atoms with Gasteiger partial charge in [-0.2, -0.15) is 0 Å². The average Bonchev–Trinajstić information content (AvgIpc) is 2.21. The smallest absolute Gasteiger partial charge is 0.234 e. The van der Waals surface area contributed by atoms with Crippen molar-refractivity contribution in [2.24, 2.45) is 5.73 Å². The molecule has 0 bridgehead atoms. The number of hydrogen-bond donors (Lipinski definition) is 2. The first-order valence-corrected chi connectivity index (χ1v) is 6.78. The normalized spacial score (nSPS) is 10.0. The second-order valence-electron chi connectivity index (χ2n) is 3.83. The summed E-state index contributed by atoms with van der Waals surface area (Å²) in [6, 6.07) is 5.93. The van der Waals surface area contributed by atoms with Crippen LogP contribution in [0.5, 0.6) is 0 Å². The third kappa shape index (κ3) is 5.19. The third-order valence-electron chi connectivity index (χ3n) is 2.13. The van der Waals surface area contributed by atoms with Gasteiger partial charge in [0.2, 0.25) is 5.91 Å². The molecule has 0 aliphatic rings. The lowest BCUT2D eigenvalue weighted by Crippen LogP contribution is -2.17. The minimum absolute atomic E-state index is 0.0294. The second-order valence-corrected chi connectivity index (χ2v) is 5.34. The molecule has 92 valence electrons. The Bertz CT molecular complexity index is 433. The molecule has 1 amide bonds. The van der Waals surface area contributed by atoms with Gasteiger partial charge < -0.3 is 11.1 Å². The Kier molecular flexibility index (Phi) is 5.44. The van der Waals surface area contributed by atoms with Crippen LogP contribution in [0.1, 0.15) is 11.1 Å². The van der Waals surface area contributed by atoms with E-state index in [0.717, 1.165) is 11.3 Å². The van der Waals surface area contributed by atoms with Gasteiger partial charge in [-0.25, -0.2) is 0 Å². The van der Waals surface area contributed by atoms with Gasteiger partial charge in [-0.15, -0.1) is 11.8 Å². The highest BCUT2D eigenvalue weighted by molar-refractivity contribution is 8.01. The first-order chi connectivity index (χ1) is 7.99. The molecule has 0 aliphatic carbocycles. The minimum Gasteiger partial charge on any atom is -0.393 e. The number of anilines is 1. The predicted octanol–water partition coefficient (Wildman–Crippen LogP) is 2.26. The molecule has 0 spiro atoms. The van der Waals surface area contributed by atoms with Gasteiger partial charge in [0.15, 0.2) is 0 Å². The standard InChI is InChI=1S/C12H16N2OS2/c1-8-3-4-10(9(2)5-8)14-12(15)7-17-6-11(13)16/h3-5H,6-7H2,1-2H3,(H2,13,16)(H,14,15). The van der Waals surface area contributed by atoms with E-state index in [2.05, 4.69) is 5.32 Å². The van der Waals surface area contributed by atoms with E-state index in [9.17, 15) is 4.79 Å². The number of carbonyl (C=O) groups excluding carboxylic acids is 1. The molecule has 0 heterocycles. The van der Waals surface area contributed by atoms with Gasteiger partial charge in [0.05, 0.1) is 10.7 Å². The van der Waals surface area contributed by atoms with Gasteiger partial charge in [0.25, 0.3) is 0 Å². The molecule has 1 aromatic carbocycles. The van der Waals surface area contributed by atoms with E-state index in [1.807, 2.05) is 32.0 Å². The Morgan fingerprint density at radius 1 is 1.41 bits per heavy atom. The van der Waals surface area contributed by atoms with Crippen LogP contribution >= 0.6 is 24.0 Å². The topological polar surface area (TPSA) is 55.1 Å². The highest BCUT2D eigenvalue weighted by Gasteiger charge is 2.05. The Balaban J connectivity index is 2.48. The number of thiocarbonyl (C=S) groups is 1. The molecular weight excluding hydrogens is 252 g/mol. The molecule has 3 nitrogen and oxygen atoms in total. The molecular formula is C12H16N2OS2. The first kappa shape index (κ1) is 14.0. The Labute approximate surface area is 111 Å². The van der Waals surface area contributed by atoms with E-state index in [1.54, 1.807) is 0 Å². The van der Waals surface area contributed by atoms with E-state index in [-0.39, 0.29) is 5.91 Å². The van der Waals surface area contributed by atoms with E-state index >= 15 is 0 Å². The zero-order valence-electron chi connectivity index (χ0n) is 9.95. The summed E-state index contributed by atoms with van der Waals surface area (Å²) in [5.41, 5.74) is 8.46. The maximum Gasteiger partial charge on any atom is 0.234 e. The fraction of sp³-hybridized carbons (Fsp3) is 0.333. The van der Waals surface area contributed by atoms with Crippen molar-refractivity contribution in [2.45, 2.75) is 13.8 Å². The maximum absolute atomic E-state index is 11.6. The summed E-state index contributed by atoms with van der Waals surface area (Å²) < 4.78 is 0. The van der Waals surface area contributed by atoms with Crippen molar-refractivity contribution in [3.63, 3.8) is 0 Å². The molecule has 0 saturated carbocycles. The van der Waals surface area contributed by atoms with Crippen LogP contribution in [0.3, 0.4) is 0 Å². The van der Waals surface area contributed by atoms with Crippen molar-refractivity contribution < 1.29 is 4.79 Å². The number of nitrogens with two attached hydrogens (primary N) is 1. The number of hydrogen-bond acceptors (Lipinski definition) is 3. The maximum atomic E-state index is 11.6. The van der Waals surface area contributed by atoms with E-state index in [1.165, 1.54) is 17.3 Å². The fourth-order valence-electron chi connectivity index (χ4n) is 1.38. The number of rotatable bonds is 5. The van der Waals surface area contributed by atoms with Crippen molar-refractivity contribution in [1.82, 2.24) is 0 Å². The van der Waals surface area contributed by atoms with E-state index in [0.29, 0.717) is 16.5 Å². The molecule has 0 aromatic heterocycles. The molecule has 0 aliphatic heterocycles. The molecule has 0 radical (unpaired) electrons. The van der Waals surface area contributed by atoms with Crippen LogP contribution < -0.4 is 11.1 Å². The van der Waals surface area contributed by atoms with Gasteiger partial charge in [-0.1, -0.05) is 29.9 Å². The largest absolute Gasteiger partial charge is 0.393 e. The summed E-state index contributed by atoms with van der Waals surface area (Å²) in [6.45, 7) is 4.00. The lowest BCUT2D eigenvalue weighted by molar-refractivity contribution is -0.113.